The smallest absolute Gasteiger partial charge is 0.324 e. The van der Waals surface area contributed by atoms with Gasteiger partial charge in [0.05, 0.1) is 5.69 Å². The minimum absolute atomic E-state index is 0.121. The van der Waals surface area contributed by atoms with E-state index in [2.05, 4.69) is 25.3 Å². The Kier molecular flexibility index (Phi) is 4.11. The zero-order chi connectivity index (χ0) is 17.2. The van der Waals surface area contributed by atoms with Gasteiger partial charge in [0.25, 0.3) is 0 Å². The Bertz CT molecular complexity index is 850. The molecule has 2 heterocycles. The molecule has 0 atom stereocenters. The molecule has 0 saturated carbocycles. The first-order valence-corrected chi connectivity index (χ1v) is 6.97. The molecule has 1 aromatic carbocycles. The lowest BCUT2D eigenvalue weighted by Crippen LogP contribution is -2.10. The van der Waals surface area contributed by atoms with Gasteiger partial charge in [-0.3, -0.25) is 0 Å². The van der Waals surface area contributed by atoms with Gasteiger partial charge < -0.3 is 5.32 Å². The van der Waals surface area contributed by atoms with Crippen molar-refractivity contribution < 1.29 is 13.2 Å². The van der Waals surface area contributed by atoms with E-state index >= 15 is 0 Å². The molecule has 0 aliphatic carbocycles. The maximum Gasteiger partial charge on any atom is 0.433 e. The average molecular weight is 331 g/mol. The third kappa shape index (κ3) is 3.65. The molecule has 3 aromatic rings. The quantitative estimate of drug-likeness (QED) is 0.786. The number of aryl methyl sites for hydroxylation is 1. The van der Waals surface area contributed by atoms with E-state index in [1.165, 1.54) is 6.33 Å². The van der Waals surface area contributed by atoms with Gasteiger partial charge in [0.2, 0.25) is 5.95 Å². The lowest BCUT2D eigenvalue weighted by molar-refractivity contribution is -0.141. The fourth-order valence-corrected chi connectivity index (χ4v) is 2.17. The second-order valence-electron chi connectivity index (χ2n) is 5.07. The number of benzene rings is 1. The van der Waals surface area contributed by atoms with E-state index in [1.807, 2.05) is 13.0 Å². The predicted octanol–water partition coefficient (Wildman–Crippen LogP) is 4.00. The van der Waals surface area contributed by atoms with Gasteiger partial charge in [-0.15, -0.1) is 0 Å². The third-order valence-corrected chi connectivity index (χ3v) is 3.16. The summed E-state index contributed by atoms with van der Waals surface area (Å²) in [5.74, 6) is -0.121. The molecule has 2 aromatic heterocycles. The van der Waals surface area contributed by atoms with E-state index in [1.54, 1.807) is 24.4 Å². The zero-order valence-corrected chi connectivity index (χ0v) is 12.5. The van der Waals surface area contributed by atoms with Gasteiger partial charge in [0.15, 0.2) is 0 Å². The van der Waals surface area contributed by atoms with Crippen LogP contribution in [0.4, 0.5) is 24.8 Å². The summed E-state index contributed by atoms with van der Waals surface area (Å²) >= 11 is 0. The highest BCUT2D eigenvalue weighted by molar-refractivity contribution is 5.68. The molecule has 0 aliphatic rings. The maximum atomic E-state index is 12.7. The van der Waals surface area contributed by atoms with Crippen molar-refractivity contribution in [2.75, 3.05) is 5.32 Å². The molecule has 5 nitrogen and oxygen atoms in total. The van der Waals surface area contributed by atoms with E-state index in [9.17, 15) is 13.2 Å². The molecule has 0 aliphatic heterocycles. The van der Waals surface area contributed by atoms with Crippen LogP contribution in [0.1, 0.15) is 11.3 Å². The first-order chi connectivity index (χ1) is 11.4. The van der Waals surface area contributed by atoms with Crippen molar-refractivity contribution in [2.45, 2.75) is 13.1 Å². The SMILES string of the molecule is Cc1cc(Nc2nccc(C(F)(F)F)n2)cc(-c2ccncn2)c1. The minimum Gasteiger partial charge on any atom is -0.324 e. The number of nitrogens with zero attached hydrogens (tertiary/aromatic N) is 4. The van der Waals surface area contributed by atoms with Crippen LogP contribution >= 0.6 is 0 Å². The number of anilines is 2. The minimum atomic E-state index is -4.52. The van der Waals surface area contributed by atoms with Crippen LogP contribution in [0.25, 0.3) is 11.3 Å². The van der Waals surface area contributed by atoms with Crippen LogP contribution in [0.2, 0.25) is 0 Å². The van der Waals surface area contributed by atoms with Gasteiger partial charge in [-0.25, -0.2) is 19.9 Å². The fourth-order valence-electron chi connectivity index (χ4n) is 2.17. The summed E-state index contributed by atoms with van der Waals surface area (Å²) in [6.45, 7) is 1.88. The maximum absolute atomic E-state index is 12.7. The van der Waals surface area contributed by atoms with Crippen molar-refractivity contribution in [2.24, 2.45) is 0 Å². The molecule has 0 unspecified atom stereocenters. The summed E-state index contributed by atoms with van der Waals surface area (Å²) in [6.07, 6.45) is -0.397. The van der Waals surface area contributed by atoms with Gasteiger partial charge in [0, 0.05) is 23.6 Å². The molecular weight excluding hydrogens is 319 g/mol. The number of halogens is 3. The van der Waals surface area contributed by atoms with Crippen LogP contribution in [-0.2, 0) is 6.18 Å². The molecule has 3 rings (SSSR count). The summed E-state index contributed by atoms with van der Waals surface area (Å²) in [5, 5.41) is 2.80. The molecule has 0 radical (unpaired) electrons. The van der Waals surface area contributed by atoms with Gasteiger partial charge >= 0.3 is 6.18 Å². The van der Waals surface area contributed by atoms with E-state index in [-0.39, 0.29) is 5.95 Å². The molecule has 0 fully saturated rings. The molecule has 24 heavy (non-hydrogen) atoms. The number of rotatable bonds is 3. The van der Waals surface area contributed by atoms with E-state index < -0.39 is 11.9 Å². The third-order valence-electron chi connectivity index (χ3n) is 3.16. The monoisotopic (exact) mass is 331 g/mol. The highest BCUT2D eigenvalue weighted by Gasteiger charge is 2.32. The first kappa shape index (κ1) is 15.9. The second-order valence-corrected chi connectivity index (χ2v) is 5.07. The van der Waals surface area contributed by atoms with Gasteiger partial charge in [-0.05, 0) is 42.8 Å². The highest BCUT2D eigenvalue weighted by Crippen LogP contribution is 2.29. The fraction of sp³-hybridized carbons (Fsp3) is 0.125. The standard InChI is InChI=1S/C16H12F3N5/c1-10-6-11(13-2-4-20-9-22-13)8-12(7-10)23-15-21-5-3-14(24-15)16(17,18)19/h2-9H,1H3,(H,21,23,24). The van der Waals surface area contributed by atoms with Crippen LogP contribution in [-0.4, -0.2) is 19.9 Å². The molecule has 0 spiro atoms. The van der Waals surface area contributed by atoms with Crippen LogP contribution in [0.3, 0.4) is 0 Å². The second kappa shape index (κ2) is 6.23. The van der Waals surface area contributed by atoms with Gasteiger partial charge in [-0.2, -0.15) is 13.2 Å². The summed E-state index contributed by atoms with van der Waals surface area (Å²) in [5.41, 5.74) is 2.01. The van der Waals surface area contributed by atoms with E-state index in [0.29, 0.717) is 11.4 Å². The molecular formula is C16H12F3N5. The molecule has 122 valence electrons. The largest absolute Gasteiger partial charge is 0.433 e. The Morgan fingerprint density at radius 3 is 2.54 bits per heavy atom. The summed E-state index contributed by atoms with van der Waals surface area (Å²) in [6, 6.07) is 8.04. The van der Waals surface area contributed by atoms with Crippen molar-refractivity contribution in [3.05, 3.63) is 60.3 Å². The van der Waals surface area contributed by atoms with Crippen LogP contribution in [0.15, 0.2) is 49.1 Å². The summed E-state index contributed by atoms with van der Waals surface area (Å²) in [7, 11) is 0. The topological polar surface area (TPSA) is 63.6 Å². The average Bonchev–Trinajstić information content (AvgIpc) is 2.54. The molecule has 0 amide bonds. The normalized spacial score (nSPS) is 11.3. The van der Waals surface area contributed by atoms with Crippen molar-refractivity contribution in [1.82, 2.24) is 19.9 Å². The molecule has 8 heteroatoms. The lowest BCUT2D eigenvalue weighted by atomic mass is 10.1. The zero-order valence-electron chi connectivity index (χ0n) is 12.5. The molecule has 0 saturated heterocycles. The number of alkyl halides is 3. The molecule has 0 bridgehead atoms. The first-order valence-electron chi connectivity index (χ1n) is 6.97. The summed E-state index contributed by atoms with van der Waals surface area (Å²) in [4.78, 5) is 15.4. The van der Waals surface area contributed by atoms with Crippen molar-refractivity contribution >= 4 is 11.6 Å². The van der Waals surface area contributed by atoms with Gasteiger partial charge in [-0.1, -0.05) is 0 Å². The van der Waals surface area contributed by atoms with Crippen molar-refractivity contribution in [1.29, 1.82) is 0 Å². The van der Waals surface area contributed by atoms with E-state index in [4.69, 9.17) is 0 Å². The van der Waals surface area contributed by atoms with E-state index in [0.717, 1.165) is 23.4 Å². The Balaban J connectivity index is 1.92. The van der Waals surface area contributed by atoms with Crippen LogP contribution < -0.4 is 5.32 Å². The molecule has 1 N–H and O–H groups in total. The number of hydrogen-bond donors (Lipinski definition) is 1. The predicted molar refractivity (Wildman–Crippen MR) is 82.5 cm³/mol. The van der Waals surface area contributed by atoms with Gasteiger partial charge in [0.1, 0.15) is 12.0 Å². The summed E-state index contributed by atoms with van der Waals surface area (Å²) < 4.78 is 38.2. The Morgan fingerprint density at radius 1 is 1.00 bits per heavy atom. The lowest BCUT2D eigenvalue weighted by Gasteiger charge is -2.10. The van der Waals surface area contributed by atoms with Crippen LogP contribution in [0, 0.1) is 6.92 Å². The number of nitrogens with one attached hydrogen (secondary N) is 1. The number of hydrogen-bond acceptors (Lipinski definition) is 5. The van der Waals surface area contributed by atoms with Crippen molar-refractivity contribution in [3.63, 3.8) is 0 Å². The Labute approximate surface area is 135 Å². The number of aromatic nitrogens is 4. The highest BCUT2D eigenvalue weighted by atomic mass is 19.4. The Morgan fingerprint density at radius 2 is 1.83 bits per heavy atom. The Hall–Kier alpha value is -3.03. The van der Waals surface area contributed by atoms with Crippen LogP contribution in [0.5, 0.6) is 0 Å². The van der Waals surface area contributed by atoms with Crippen molar-refractivity contribution in [3.8, 4) is 11.3 Å².